The number of nitrogens with zero attached hydrogens (tertiary/aromatic N) is 2. The van der Waals surface area contributed by atoms with Gasteiger partial charge in [-0.25, -0.2) is 9.97 Å². The minimum Gasteiger partial charge on any atom is -0.367 e. The highest BCUT2D eigenvalue weighted by atomic mass is 15.1. The molecular weight excluding hydrogens is 222 g/mol. The van der Waals surface area contributed by atoms with Gasteiger partial charge >= 0.3 is 0 Å². The number of hydrogen-bond donors (Lipinski definition) is 1. The number of anilines is 1. The zero-order chi connectivity index (χ0) is 11.9. The predicted molar refractivity (Wildman–Crippen MR) is 71.5 cm³/mol. The molecule has 96 valence electrons. The van der Waals surface area contributed by atoms with Gasteiger partial charge in [0.05, 0.1) is 0 Å². The minimum atomic E-state index is 0.685. The Balaban J connectivity index is 1.58. The first kappa shape index (κ1) is 10.8. The van der Waals surface area contributed by atoms with Crippen molar-refractivity contribution in [3.8, 4) is 0 Å². The third kappa shape index (κ3) is 1.72. The lowest BCUT2D eigenvalue weighted by Crippen LogP contribution is -2.27. The second-order valence-corrected chi connectivity index (χ2v) is 6.28. The van der Waals surface area contributed by atoms with E-state index >= 15 is 0 Å². The molecule has 0 radical (unpaired) electrons. The number of fused-ring (bicyclic) bond motifs is 3. The van der Waals surface area contributed by atoms with Gasteiger partial charge in [-0.2, -0.15) is 0 Å². The zero-order valence-corrected chi connectivity index (χ0v) is 10.9. The van der Waals surface area contributed by atoms with Crippen molar-refractivity contribution in [2.45, 2.75) is 57.4 Å². The molecule has 3 unspecified atom stereocenters. The van der Waals surface area contributed by atoms with Crippen molar-refractivity contribution in [2.24, 2.45) is 11.8 Å². The predicted octanol–water partition coefficient (Wildman–Crippen LogP) is 2.96. The van der Waals surface area contributed by atoms with E-state index in [1.807, 2.05) is 0 Å². The monoisotopic (exact) mass is 243 g/mol. The fourth-order valence-corrected chi connectivity index (χ4v) is 4.24. The summed E-state index contributed by atoms with van der Waals surface area (Å²) in [6.07, 6.45) is 12.3. The molecule has 3 aliphatic rings. The van der Waals surface area contributed by atoms with Gasteiger partial charge in [0, 0.05) is 17.3 Å². The highest BCUT2D eigenvalue weighted by Gasteiger charge is 2.39. The van der Waals surface area contributed by atoms with E-state index in [0.29, 0.717) is 6.04 Å². The van der Waals surface area contributed by atoms with Gasteiger partial charge in [-0.3, -0.25) is 0 Å². The Morgan fingerprint density at radius 2 is 2.00 bits per heavy atom. The summed E-state index contributed by atoms with van der Waals surface area (Å²) in [5.41, 5.74) is 2.70. The Kier molecular flexibility index (Phi) is 2.52. The standard InChI is InChI=1S/C15H21N3/c1-2-4-13-12(3-1)15(17-9-16-13)18-14-8-10-5-6-11(14)7-10/h9-11,14H,1-8H2,(H,16,17,18). The Hall–Kier alpha value is -1.12. The minimum absolute atomic E-state index is 0.685. The van der Waals surface area contributed by atoms with Crippen LogP contribution in [0.1, 0.15) is 49.8 Å². The molecule has 0 amide bonds. The number of rotatable bonds is 2. The van der Waals surface area contributed by atoms with E-state index in [1.165, 1.54) is 56.2 Å². The van der Waals surface area contributed by atoms with Crippen LogP contribution in [0.15, 0.2) is 6.33 Å². The summed E-state index contributed by atoms with van der Waals surface area (Å²) < 4.78 is 0. The molecule has 3 heteroatoms. The number of aromatic nitrogens is 2. The summed E-state index contributed by atoms with van der Waals surface area (Å²) in [5, 5.41) is 3.75. The van der Waals surface area contributed by atoms with Crippen molar-refractivity contribution in [3.05, 3.63) is 17.6 Å². The fraction of sp³-hybridized carbons (Fsp3) is 0.733. The lowest BCUT2D eigenvalue weighted by atomic mass is 9.93. The quantitative estimate of drug-likeness (QED) is 0.867. The van der Waals surface area contributed by atoms with Gasteiger partial charge in [0.15, 0.2) is 0 Å². The third-order valence-electron chi connectivity index (χ3n) is 5.19. The van der Waals surface area contributed by atoms with Gasteiger partial charge in [-0.15, -0.1) is 0 Å². The van der Waals surface area contributed by atoms with Crippen molar-refractivity contribution in [1.29, 1.82) is 0 Å². The molecule has 2 bridgehead atoms. The van der Waals surface area contributed by atoms with E-state index in [9.17, 15) is 0 Å². The first-order chi connectivity index (χ1) is 8.90. The Morgan fingerprint density at radius 1 is 1.06 bits per heavy atom. The van der Waals surface area contributed by atoms with Gasteiger partial charge in [0.25, 0.3) is 0 Å². The van der Waals surface area contributed by atoms with E-state index in [0.717, 1.165) is 24.1 Å². The van der Waals surface area contributed by atoms with Crippen LogP contribution in [0.5, 0.6) is 0 Å². The van der Waals surface area contributed by atoms with Crippen molar-refractivity contribution in [1.82, 2.24) is 9.97 Å². The van der Waals surface area contributed by atoms with E-state index in [4.69, 9.17) is 0 Å². The first-order valence-electron chi connectivity index (χ1n) is 7.49. The molecule has 3 aliphatic carbocycles. The highest BCUT2D eigenvalue weighted by molar-refractivity contribution is 5.48. The van der Waals surface area contributed by atoms with Crippen LogP contribution in [0.2, 0.25) is 0 Å². The summed E-state index contributed by atoms with van der Waals surface area (Å²) in [5.74, 6) is 3.05. The maximum atomic E-state index is 4.52. The van der Waals surface area contributed by atoms with Crippen LogP contribution in [0, 0.1) is 11.8 Å². The molecular formula is C15H21N3. The van der Waals surface area contributed by atoms with Gasteiger partial charge in [-0.05, 0) is 56.8 Å². The number of aryl methyl sites for hydroxylation is 1. The van der Waals surface area contributed by atoms with Crippen LogP contribution in [0.4, 0.5) is 5.82 Å². The van der Waals surface area contributed by atoms with E-state index in [2.05, 4.69) is 15.3 Å². The molecule has 0 aromatic carbocycles. The molecule has 3 nitrogen and oxygen atoms in total. The second kappa shape index (κ2) is 4.22. The molecule has 1 heterocycles. The van der Waals surface area contributed by atoms with Crippen molar-refractivity contribution < 1.29 is 0 Å². The lowest BCUT2D eigenvalue weighted by molar-refractivity contribution is 0.438. The van der Waals surface area contributed by atoms with Crippen LogP contribution in [0.25, 0.3) is 0 Å². The molecule has 1 aromatic rings. The summed E-state index contributed by atoms with van der Waals surface area (Å²) >= 11 is 0. The second-order valence-electron chi connectivity index (χ2n) is 6.28. The first-order valence-corrected chi connectivity index (χ1v) is 7.49. The molecule has 0 spiro atoms. The van der Waals surface area contributed by atoms with Crippen molar-refractivity contribution in [3.63, 3.8) is 0 Å². The smallest absolute Gasteiger partial charge is 0.133 e. The van der Waals surface area contributed by atoms with Crippen LogP contribution in [-0.2, 0) is 12.8 Å². The Morgan fingerprint density at radius 3 is 2.83 bits per heavy atom. The molecule has 2 fully saturated rings. The van der Waals surface area contributed by atoms with E-state index in [-0.39, 0.29) is 0 Å². The lowest BCUT2D eigenvalue weighted by Gasteiger charge is -2.26. The van der Waals surface area contributed by atoms with Crippen LogP contribution in [0.3, 0.4) is 0 Å². The normalized spacial score (nSPS) is 33.4. The van der Waals surface area contributed by atoms with Gasteiger partial charge < -0.3 is 5.32 Å². The summed E-state index contributed by atoms with van der Waals surface area (Å²) in [6, 6.07) is 0.685. The SMILES string of the molecule is c1nc2c(c(NC3CC4CCC3C4)n1)CCCC2. The maximum absolute atomic E-state index is 4.52. The molecule has 4 rings (SSSR count). The molecule has 1 N–H and O–H groups in total. The Bertz CT molecular complexity index is 457. The zero-order valence-electron chi connectivity index (χ0n) is 10.9. The topological polar surface area (TPSA) is 37.8 Å². The van der Waals surface area contributed by atoms with Crippen LogP contribution in [-0.4, -0.2) is 16.0 Å². The number of nitrogens with one attached hydrogen (secondary N) is 1. The van der Waals surface area contributed by atoms with Crippen LogP contribution < -0.4 is 5.32 Å². The van der Waals surface area contributed by atoms with Crippen molar-refractivity contribution >= 4 is 5.82 Å². The molecule has 2 saturated carbocycles. The molecule has 0 saturated heterocycles. The summed E-state index contributed by atoms with van der Waals surface area (Å²) in [4.78, 5) is 8.97. The van der Waals surface area contributed by atoms with Gasteiger partial charge in [0.1, 0.15) is 12.1 Å². The average Bonchev–Trinajstić information content (AvgIpc) is 3.01. The molecule has 3 atom stereocenters. The Labute approximate surface area is 108 Å². The van der Waals surface area contributed by atoms with E-state index < -0.39 is 0 Å². The fourth-order valence-electron chi connectivity index (χ4n) is 4.24. The summed E-state index contributed by atoms with van der Waals surface area (Å²) in [6.45, 7) is 0. The van der Waals surface area contributed by atoms with Crippen molar-refractivity contribution in [2.75, 3.05) is 5.32 Å². The molecule has 1 aromatic heterocycles. The maximum Gasteiger partial charge on any atom is 0.133 e. The average molecular weight is 243 g/mol. The van der Waals surface area contributed by atoms with Crippen LogP contribution >= 0.6 is 0 Å². The summed E-state index contributed by atoms with van der Waals surface area (Å²) in [7, 11) is 0. The largest absolute Gasteiger partial charge is 0.367 e. The van der Waals surface area contributed by atoms with Gasteiger partial charge in [-0.1, -0.05) is 6.42 Å². The van der Waals surface area contributed by atoms with E-state index in [1.54, 1.807) is 6.33 Å². The molecule has 18 heavy (non-hydrogen) atoms. The molecule has 0 aliphatic heterocycles. The highest BCUT2D eigenvalue weighted by Crippen LogP contribution is 2.45. The number of hydrogen-bond acceptors (Lipinski definition) is 3. The third-order valence-corrected chi connectivity index (χ3v) is 5.19. The van der Waals surface area contributed by atoms with Gasteiger partial charge in [0.2, 0.25) is 0 Å².